The van der Waals surface area contributed by atoms with Crippen LogP contribution in [0.1, 0.15) is 60.6 Å². The lowest BCUT2D eigenvalue weighted by Crippen LogP contribution is -2.50. The summed E-state index contributed by atoms with van der Waals surface area (Å²) < 4.78 is 3.49. The Morgan fingerprint density at radius 2 is 1.92 bits per heavy atom. The number of amides is 2. The summed E-state index contributed by atoms with van der Waals surface area (Å²) in [6.45, 7) is 6.39. The minimum atomic E-state index is -0.293. The zero-order chi connectivity index (χ0) is 26.4. The van der Waals surface area contributed by atoms with E-state index < -0.39 is 0 Å². The first-order valence-corrected chi connectivity index (χ1v) is 14.0. The van der Waals surface area contributed by atoms with E-state index in [0.29, 0.717) is 35.1 Å². The normalized spacial score (nSPS) is 19.2. The third kappa shape index (κ3) is 4.71. The minimum Gasteiger partial charge on any atom is -0.351 e. The Morgan fingerprint density at radius 1 is 1.11 bits per heavy atom. The molecule has 202 valence electrons. The van der Waals surface area contributed by atoms with Gasteiger partial charge in [0.15, 0.2) is 0 Å². The zero-order valence-electron chi connectivity index (χ0n) is 21.9. The van der Waals surface area contributed by atoms with Crippen LogP contribution in [0.5, 0.6) is 0 Å². The highest BCUT2D eigenvalue weighted by Gasteiger charge is 2.33. The van der Waals surface area contributed by atoms with Gasteiger partial charge in [0.25, 0.3) is 11.8 Å². The van der Waals surface area contributed by atoms with Crippen molar-refractivity contribution < 1.29 is 12.4 Å². The number of carbonyl (C=O) groups is 2. The molecule has 3 aliphatic rings. The molecule has 2 amide bonds. The van der Waals surface area contributed by atoms with Crippen LogP contribution >= 0.6 is 11.3 Å². The Kier molecular flexibility index (Phi) is 6.48. The fraction of sp³-hybridized carbons (Fsp3) is 0.444. The third-order valence-corrected chi connectivity index (χ3v) is 8.97. The average molecular weight is 537 g/mol. The molecule has 11 heteroatoms. The maximum absolute atomic E-state index is 13.2. The van der Waals surface area contributed by atoms with Gasteiger partial charge in [-0.25, -0.2) is 4.52 Å². The number of nitrogens with zero attached hydrogens (tertiary/aromatic N) is 6. The fourth-order valence-corrected chi connectivity index (χ4v) is 6.86. The van der Waals surface area contributed by atoms with E-state index in [4.69, 9.17) is 0 Å². The number of pyridine rings is 1. The average Bonchev–Trinajstić information content (AvgIpc) is 3.59. The lowest BCUT2D eigenvalue weighted by Gasteiger charge is -2.45. The van der Waals surface area contributed by atoms with Crippen molar-refractivity contribution in [2.24, 2.45) is 13.0 Å². The molecule has 0 unspecified atom stereocenters. The summed E-state index contributed by atoms with van der Waals surface area (Å²) in [6.07, 6.45) is 12.2. The van der Waals surface area contributed by atoms with Crippen LogP contribution in [-0.4, -0.2) is 66.8 Å². The maximum atomic E-state index is 13.2. The van der Waals surface area contributed by atoms with Crippen molar-refractivity contribution in [3.05, 3.63) is 53.4 Å². The lowest BCUT2D eigenvalue weighted by molar-refractivity contribution is 0.0494. The van der Waals surface area contributed by atoms with E-state index in [2.05, 4.69) is 30.7 Å². The number of piperidine rings is 2. The molecule has 4 aromatic rings. The second-order valence-electron chi connectivity index (χ2n) is 10.4. The zero-order valence-corrected chi connectivity index (χ0v) is 22.7. The number of anilines is 1. The third-order valence-electron chi connectivity index (χ3n) is 7.83. The number of hydrogen-bond donors (Lipinski definition) is 2. The van der Waals surface area contributed by atoms with Gasteiger partial charge in [-0.2, -0.15) is 10.2 Å². The van der Waals surface area contributed by atoms with Crippen molar-refractivity contribution in [3.63, 3.8) is 0 Å². The van der Waals surface area contributed by atoms with Gasteiger partial charge in [-0.15, -0.1) is 11.3 Å². The molecule has 7 rings (SSSR count). The van der Waals surface area contributed by atoms with Gasteiger partial charge in [0, 0.05) is 59.7 Å². The van der Waals surface area contributed by atoms with Crippen molar-refractivity contribution in [2.45, 2.75) is 45.6 Å². The molecule has 0 radical (unpaired) electrons. The first-order valence-electron chi connectivity index (χ1n) is 13.1. The molecule has 2 bridgehead atoms. The van der Waals surface area contributed by atoms with Gasteiger partial charge >= 0.3 is 0 Å². The number of nitrogens with one attached hydrogen (secondary N) is 2. The lowest BCUT2D eigenvalue weighted by atomic mass is 9.80. The summed E-state index contributed by atoms with van der Waals surface area (Å²) in [5.41, 5.74) is 3.98. The van der Waals surface area contributed by atoms with Gasteiger partial charge < -0.3 is 10.6 Å². The molecular weight excluding hydrogens is 500 g/mol. The molecule has 2 aliphatic heterocycles. The van der Waals surface area contributed by atoms with Crippen molar-refractivity contribution in [2.75, 3.05) is 25.0 Å². The summed E-state index contributed by atoms with van der Waals surface area (Å²) in [7, 11) is 1.89. The van der Waals surface area contributed by atoms with Crippen LogP contribution in [0, 0.1) is 19.8 Å². The summed E-state index contributed by atoms with van der Waals surface area (Å²) in [4.78, 5) is 34.7. The number of thiazole rings is 1. The Balaban J connectivity index is 0.00000185. The minimum absolute atomic E-state index is 0. The molecule has 2 saturated heterocycles. The summed E-state index contributed by atoms with van der Waals surface area (Å²) >= 11 is 1.49. The van der Waals surface area contributed by atoms with Gasteiger partial charge in [-0.3, -0.25) is 24.2 Å². The van der Waals surface area contributed by atoms with Crippen LogP contribution in [0.2, 0.25) is 0 Å². The largest absolute Gasteiger partial charge is 0.351 e. The molecule has 38 heavy (non-hydrogen) atoms. The Hall–Kier alpha value is -3.57. The van der Waals surface area contributed by atoms with Crippen molar-refractivity contribution in [1.82, 2.24) is 34.6 Å². The van der Waals surface area contributed by atoms with E-state index in [9.17, 15) is 9.59 Å². The van der Waals surface area contributed by atoms with Gasteiger partial charge in [-0.05, 0) is 51.5 Å². The smallest absolute Gasteiger partial charge is 0.260 e. The highest BCUT2D eigenvalue weighted by atomic mass is 32.1. The second kappa shape index (κ2) is 9.95. The summed E-state index contributed by atoms with van der Waals surface area (Å²) in [5, 5.41) is 14.8. The number of aryl methyl sites for hydroxylation is 3. The Morgan fingerprint density at radius 3 is 2.63 bits per heavy atom. The first kappa shape index (κ1) is 24.7. The molecule has 10 nitrogen and oxygen atoms in total. The molecule has 1 saturated carbocycles. The highest BCUT2D eigenvalue weighted by molar-refractivity contribution is 7.21. The molecule has 4 aromatic heterocycles. The van der Waals surface area contributed by atoms with Crippen LogP contribution in [0.3, 0.4) is 0 Å². The highest BCUT2D eigenvalue weighted by Crippen LogP contribution is 2.34. The molecule has 0 aromatic carbocycles. The van der Waals surface area contributed by atoms with E-state index in [0.717, 1.165) is 40.0 Å². The molecular formula is C27H36N8O2S. The van der Waals surface area contributed by atoms with Crippen LogP contribution in [0.25, 0.3) is 15.3 Å². The number of hydrogen-bond acceptors (Lipinski definition) is 7. The number of fused-ring (bicyclic) bond motifs is 4. The molecule has 2 N–H and O–H groups in total. The molecule has 0 spiro atoms. The molecule has 6 heterocycles. The molecule has 3 fully saturated rings. The summed E-state index contributed by atoms with van der Waals surface area (Å²) in [6, 6.07) is 2.36. The number of rotatable bonds is 7. The van der Waals surface area contributed by atoms with Crippen molar-refractivity contribution >= 4 is 33.7 Å². The quantitative estimate of drug-likeness (QED) is 0.367. The van der Waals surface area contributed by atoms with Crippen LogP contribution in [0.15, 0.2) is 30.9 Å². The van der Waals surface area contributed by atoms with E-state index in [1.165, 1.54) is 37.0 Å². The predicted molar refractivity (Wildman–Crippen MR) is 151 cm³/mol. The monoisotopic (exact) mass is 536 g/mol. The van der Waals surface area contributed by atoms with E-state index >= 15 is 0 Å². The van der Waals surface area contributed by atoms with Gasteiger partial charge in [-0.1, -0.05) is 0 Å². The van der Waals surface area contributed by atoms with E-state index in [1.54, 1.807) is 27.7 Å². The Bertz CT molecular complexity index is 1520. The van der Waals surface area contributed by atoms with Gasteiger partial charge in [0.2, 0.25) is 0 Å². The predicted octanol–water partition coefficient (Wildman–Crippen LogP) is 4.16. The molecule has 0 atom stereocenters. The summed E-state index contributed by atoms with van der Waals surface area (Å²) in [5.74, 6) is 0.345. The van der Waals surface area contributed by atoms with E-state index in [-0.39, 0.29) is 14.7 Å². The Labute approximate surface area is 228 Å². The topological polar surface area (TPSA) is 109 Å². The van der Waals surface area contributed by atoms with Crippen LogP contribution in [0.4, 0.5) is 5.69 Å². The maximum Gasteiger partial charge on any atom is 0.260 e. The first-order chi connectivity index (χ1) is 18.4. The standard InChI is InChI=1S/C27H32N8O2S.2H2/c1-16-22(14-33(3)32-16)24-15-35-27(38-24)21(12-30-35)26(37)31-23-10-19(11-29-17(23)2)25(36)28-8-9-34-13-18-4-6-20(34)7-5-18;;/h10-12,14-15,18,20H,4-9,13H2,1-3H3,(H,28,36)(H,31,37);2*1H. The molecule has 1 aliphatic carbocycles. The number of aromatic nitrogens is 5. The van der Waals surface area contributed by atoms with Crippen LogP contribution < -0.4 is 10.6 Å². The van der Waals surface area contributed by atoms with Crippen LogP contribution in [-0.2, 0) is 7.05 Å². The van der Waals surface area contributed by atoms with Crippen molar-refractivity contribution in [3.8, 4) is 10.4 Å². The van der Waals surface area contributed by atoms with E-state index in [1.807, 2.05) is 33.3 Å². The fourth-order valence-electron chi connectivity index (χ4n) is 5.74. The van der Waals surface area contributed by atoms with Gasteiger partial charge in [0.05, 0.1) is 39.3 Å². The second-order valence-corrected chi connectivity index (χ2v) is 11.5. The van der Waals surface area contributed by atoms with Crippen molar-refractivity contribution in [1.29, 1.82) is 0 Å². The SMILES string of the molecule is Cc1ncc(C(=O)NCCN2CC3CCC2CC3)cc1NC(=O)c1cnn2cc(-c3cn(C)nc3C)sc12.[HH].[HH]. The van der Waals surface area contributed by atoms with Gasteiger partial charge in [0.1, 0.15) is 4.83 Å². The number of carbonyl (C=O) groups excluding carboxylic acids is 2.